The first kappa shape index (κ1) is 14.7. The Morgan fingerprint density at radius 2 is 2.35 bits per heavy atom. The van der Waals surface area contributed by atoms with E-state index in [2.05, 4.69) is 44.9 Å². The zero-order chi connectivity index (χ0) is 12.7. The predicted molar refractivity (Wildman–Crippen MR) is 76.2 cm³/mol. The Bertz CT molecular complexity index is 354. The lowest BCUT2D eigenvalue weighted by atomic mass is 10.2. The van der Waals surface area contributed by atoms with Crippen molar-refractivity contribution in [2.75, 3.05) is 6.54 Å². The van der Waals surface area contributed by atoms with E-state index in [1.807, 2.05) is 6.92 Å². The molecule has 1 heterocycles. The van der Waals surface area contributed by atoms with Gasteiger partial charge in [0.1, 0.15) is 0 Å². The Labute approximate surface area is 115 Å². The van der Waals surface area contributed by atoms with Crippen molar-refractivity contribution in [3.05, 3.63) is 20.8 Å². The maximum Gasteiger partial charge on any atom is 0.221 e. The molecule has 0 saturated heterocycles. The largest absolute Gasteiger partial charge is 0.354 e. The molecule has 1 rings (SSSR count). The number of hydrogen-bond acceptors (Lipinski definition) is 3. The number of nitrogens with one attached hydrogen (secondary N) is 2. The Morgan fingerprint density at radius 1 is 1.59 bits per heavy atom. The maximum atomic E-state index is 11.5. The van der Waals surface area contributed by atoms with Crippen LogP contribution in [0, 0.1) is 0 Å². The van der Waals surface area contributed by atoms with Crippen LogP contribution in [-0.2, 0) is 11.3 Å². The van der Waals surface area contributed by atoms with Crippen LogP contribution in [0.4, 0.5) is 0 Å². The van der Waals surface area contributed by atoms with Crippen LogP contribution in [-0.4, -0.2) is 18.5 Å². The summed E-state index contributed by atoms with van der Waals surface area (Å²) in [5.41, 5.74) is 0. The highest BCUT2D eigenvalue weighted by molar-refractivity contribution is 9.10. The van der Waals surface area contributed by atoms with E-state index >= 15 is 0 Å². The number of amides is 1. The number of halogens is 1. The molecule has 0 bridgehead atoms. The summed E-state index contributed by atoms with van der Waals surface area (Å²) >= 11 is 5.13. The van der Waals surface area contributed by atoms with Crippen molar-refractivity contribution in [2.24, 2.45) is 0 Å². The molecule has 0 saturated carbocycles. The standard InChI is InChI=1S/C12H19BrN2OS/c1-3-9(2)15-12(16)4-5-14-7-11-6-10(13)8-17-11/h6,8-9,14H,3-5,7H2,1-2H3,(H,15,16). The molecule has 1 aromatic rings. The molecular formula is C12H19BrN2OS. The highest BCUT2D eigenvalue weighted by atomic mass is 79.9. The molecule has 0 fully saturated rings. The van der Waals surface area contributed by atoms with Crippen LogP contribution in [0.2, 0.25) is 0 Å². The van der Waals surface area contributed by atoms with E-state index in [-0.39, 0.29) is 11.9 Å². The fourth-order valence-electron chi connectivity index (χ4n) is 1.31. The van der Waals surface area contributed by atoms with Gasteiger partial charge in [0.05, 0.1) is 0 Å². The average Bonchev–Trinajstić information content (AvgIpc) is 2.70. The number of carbonyl (C=O) groups is 1. The minimum absolute atomic E-state index is 0.124. The Hall–Kier alpha value is -0.390. The topological polar surface area (TPSA) is 41.1 Å². The lowest BCUT2D eigenvalue weighted by Crippen LogP contribution is -2.33. The van der Waals surface area contributed by atoms with Crippen molar-refractivity contribution in [3.8, 4) is 0 Å². The fraction of sp³-hybridized carbons (Fsp3) is 0.583. The summed E-state index contributed by atoms with van der Waals surface area (Å²) in [6, 6.07) is 2.37. The quantitative estimate of drug-likeness (QED) is 0.759. The first-order valence-electron chi connectivity index (χ1n) is 5.84. The van der Waals surface area contributed by atoms with Crippen LogP contribution in [0.5, 0.6) is 0 Å². The van der Waals surface area contributed by atoms with Gasteiger partial charge in [0.15, 0.2) is 0 Å². The Kier molecular flexibility index (Phi) is 6.77. The molecule has 1 unspecified atom stereocenters. The van der Waals surface area contributed by atoms with Gasteiger partial charge in [0.25, 0.3) is 0 Å². The minimum atomic E-state index is 0.124. The SMILES string of the molecule is CCC(C)NC(=O)CCNCc1cc(Br)cs1. The van der Waals surface area contributed by atoms with E-state index in [1.54, 1.807) is 11.3 Å². The summed E-state index contributed by atoms with van der Waals surface area (Å²) in [4.78, 5) is 12.7. The van der Waals surface area contributed by atoms with Crippen molar-refractivity contribution in [3.63, 3.8) is 0 Å². The molecule has 17 heavy (non-hydrogen) atoms. The van der Waals surface area contributed by atoms with Crippen LogP contribution in [0.15, 0.2) is 15.9 Å². The summed E-state index contributed by atoms with van der Waals surface area (Å²) in [7, 11) is 0. The van der Waals surface area contributed by atoms with E-state index in [0.717, 1.165) is 24.0 Å². The second-order valence-electron chi connectivity index (χ2n) is 4.03. The van der Waals surface area contributed by atoms with Crippen molar-refractivity contribution in [1.29, 1.82) is 0 Å². The maximum absolute atomic E-state index is 11.5. The fourth-order valence-corrected chi connectivity index (χ4v) is 2.73. The second kappa shape index (κ2) is 7.84. The lowest BCUT2D eigenvalue weighted by Gasteiger charge is -2.11. The van der Waals surface area contributed by atoms with E-state index in [0.29, 0.717) is 6.42 Å². The molecule has 1 aromatic heterocycles. The monoisotopic (exact) mass is 318 g/mol. The van der Waals surface area contributed by atoms with Crippen LogP contribution in [0.25, 0.3) is 0 Å². The van der Waals surface area contributed by atoms with Crippen LogP contribution >= 0.6 is 27.3 Å². The molecule has 1 amide bonds. The van der Waals surface area contributed by atoms with Crippen molar-refractivity contribution < 1.29 is 4.79 Å². The summed E-state index contributed by atoms with van der Waals surface area (Å²) in [5.74, 6) is 0.124. The second-order valence-corrected chi connectivity index (χ2v) is 5.95. The summed E-state index contributed by atoms with van der Waals surface area (Å²) in [6.45, 7) is 5.64. The predicted octanol–water partition coefficient (Wildman–Crippen LogP) is 2.91. The zero-order valence-electron chi connectivity index (χ0n) is 10.3. The van der Waals surface area contributed by atoms with Crippen LogP contribution in [0.3, 0.4) is 0 Å². The van der Waals surface area contributed by atoms with Crippen molar-refractivity contribution >= 4 is 33.2 Å². The van der Waals surface area contributed by atoms with Gasteiger partial charge in [0.2, 0.25) is 5.91 Å². The third kappa shape index (κ3) is 6.19. The molecule has 3 nitrogen and oxygen atoms in total. The van der Waals surface area contributed by atoms with Crippen molar-refractivity contribution in [1.82, 2.24) is 10.6 Å². The van der Waals surface area contributed by atoms with Gasteiger partial charge >= 0.3 is 0 Å². The smallest absolute Gasteiger partial charge is 0.221 e. The third-order valence-corrected chi connectivity index (χ3v) is 4.17. The molecule has 96 valence electrons. The van der Waals surface area contributed by atoms with Gasteiger partial charge in [-0.3, -0.25) is 4.79 Å². The molecule has 0 aromatic carbocycles. The van der Waals surface area contributed by atoms with Crippen LogP contribution in [0.1, 0.15) is 31.6 Å². The number of carbonyl (C=O) groups excluding carboxylic acids is 1. The van der Waals surface area contributed by atoms with E-state index in [4.69, 9.17) is 0 Å². The Balaban J connectivity index is 2.10. The molecule has 0 radical (unpaired) electrons. The number of hydrogen-bond donors (Lipinski definition) is 2. The summed E-state index contributed by atoms with van der Waals surface area (Å²) in [6.07, 6.45) is 1.51. The molecule has 0 spiro atoms. The van der Waals surface area contributed by atoms with E-state index in [1.165, 1.54) is 4.88 Å². The van der Waals surface area contributed by atoms with Gasteiger partial charge in [-0.15, -0.1) is 11.3 Å². The van der Waals surface area contributed by atoms with Gasteiger partial charge in [-0.1, -0.05) is 6.92 Å². The first-order valence-corrected chi connectivity index (χ1v) is 7.52. The summed E-state index contributed by atoms with van der Waals surface area (Å²) in [5, 5.41) is 8.28. The Morgan fingerprint density at radius 3 is 2.94 bits per heavy atom. The number of thiophene rings is 1. The average molecular weight is 319 g/mol. The van der Waals surface area contributed by atoms with Gasteiger partial charge in [0, 0.05) is 40.3 Å². The van der Waals surface area contributed by atoms with Gasteiger partial charge in [-0.25, -0.2) is 0 Å². The third-order valence-electron chi connectivity index (χ3n) is 2.47. The molecule has 1 atom stereocenters. The van der Waals surface area contributed by atoms with Gasteiger partial charge < -0.3 is 10.6 Å². The molecule has 0 aliphatic rings. The molecule has 2 N–H and O–H groups in total. The van der Waals surface area contributed by atoms with Gasteiger partial charge in [-0.2, -0.15) is 0 Å². The van der Waals surface area contributed by atoms with E-state index in [9.17, 15) is 4.79 Å². The highest BCUT2D eigenvalue weighted by Gasteiger charge is 2.04. The molecule has 0 aliphatic heterocycles. The molecule has 0 aliphatic carbocycles. The normalized spacial score (nSPS) is 12.4. The molecular weight excluding hydrogens is 300 g/mol. The minimum Gasteiger partial charge on any atom is -0.354 e. The van der Waals surface area contributed by atoms with Crippen LogP contribution < -0.4 is 10.6 Å². The zero-order valence-corrected chi connectivity index (χ0v) is 12.7. The highest BCUT2D eigenvalue weighted by Crippen LogP contribution is 2.19. The first-order chi connectivity index (χ1) is 8.11. The van der Waals surface area contributed by atoms with Crippen molar-refractivity contribution in [2.45, 2.75) is 39.3 Å². The van der Waals surface area contributed by atoms with Gasteiger partial charge in [-0.05, 0) is 35.3 Å². The summed E-state index contributed by atoms with van der Waals surface area (Å²) < 4.78 is 1.12. The lowest BCUT2D eigenvalue weighted by molar-refractivity contribution is -0.121. The molecule has 5 heteroatoms. The number of rotatable bonds is 7. The van der Waals surface area contributed by atoms with E-state index < -0.39 is 0 Å².